The van der Waals surface area contributed by atoms with Crippen LogP contribution in [0.3, 0.4) is 0 Å². The Kier molecular flexibility index (Phi) is 38.2. The van der Waals surface area contributed by atoms with E-state index in [4.69, 9.17) is 84.3 Å². The first-order valence-corrected chi connectivity index (χ1v) is 45.1. The van der Waals surface area contributed by atoms with E-state index in [2.05, 4.69) is 24.3 Å². The number of ether oxygens (including phenoxy) is 8. The highest BCUT2D eigenvalue weighted by Crippen LogP contribution is 2.43. The van der Waals surface area contributed by atoms with Gasteiger partial charge in [0.1, 0.15) is 6.61 Å². The van der Waals surface area contributed by atoms with Crippen molar-refractivity contribution in [2.45, 2.75) is 109 Å². The van der Waals surface area contributed by atoms with Crippen molar-refractivity contribution in [2.75, 3.05) is 94.3 Å². The number of allylic oxidation sites excluding steroid dienone is 4. The topological polar surface area (TPSA) is 223 Å². The lowest BCUT2D eigenvalue weighted by Crippen LogP contribution is -2.40. The molecule has 4 unspecified atom stereocenters. The molecule has 0 fully saturated rings. The van der Waals surface area contributed by atoms with Gasteiger partial charge in [-0.2, -0.15) is 0 Å². The van der Waals surface area contributed by atoms with Gasteiger partial charge >= 0.3 is 23.9 Å². The highest BCUT2D eigenvalue weighted by Gasteiger charge is 2.42. The minimum absolute atomic E-state index is 0.0323. The molecule has 10 aromatic carbocycles. The molecule has 0 radical (unpaired) electrons. The molecule has 4 aliphatic rings. The molecule has 131 heavy (non-hydrogen) atoms. The summed E-state index contributed by atoms with van der Waals surface area (Å²) in [7, 11) is 6.35. The van der Waals surface area contributed by atoms with E-state index in [0.717, 1.165) is 68.5 Å². The zero-order valence-corrected chi connectivity index (χ0v) is 78.0. The van der Waals surface area contributed by atoms with Gasteiger partial charge in [0.2, 0.25) is 23.6 Å². The van der Waals surface area contributed by atoms with Crippen molar-refractivity contribution in [3.05, 3.63) is 388 Å². The first-order valence-electron chi connectivity index (χ1n) is 43.6. The maximum Gasteiger partial charge on any atom is 0.337 e. The van der Waals surface area contributed by atoms with Crippen molar-refractivity contribution in [3.63, 3.8) is 0 Å². The highest BCUT2D eigenvalue weighted by atomic mass is 35.5. The predicted molar refractivity (Wildman–Crippen MR) is 510 cm³/mol. The van der Waals surface area contributed by atoms with Gasteiger partial charge in [-0.3, -0.25) is 19.2 Å². The van der Waals surface area contributed by atoms with Crippen molar-refractivity contribution >= 4 is 93.9 Å². The third-order valence-corrected chi connectivity index (χ3v) is 24.4. The molecule has 4 aliphatic heterocycles. The molecular formula is C107H110Cl4N4O16. The highest BCUT2D eigenvalue weighted by molar-refractivity contribution is 6.31. The first-order chi connectivity index (χ1) is 63.5. The molecule has 0 saturated carbocycles. The molecule has 0 spiro atoms. The van der Waals surface area contributed by atoms with Crippen LogP contribution in [0.15, 0.2) is 318 Å². The van der Waals surface area contributed by atoms with Gasteiger partial charge in [0, 0.05) is 153 Å². The van der Waals surface area contributed by atoms with Crippen molar-refractivity contribution in [1.29, 1.82) is 0 Å². The van der Waals surface area contributed by atoms with Crippen molar-refractivity contribution in [3.8, 4) is 11.1 Å². The summed E-state index contributed by atoms with van der Waals surface area (Å²) in [6.07, 6.45) is 2.37. The average molecular weight is 1850 g/mol. The Hall–Kier alpha value is -12.1. The molecule has 0 saturated heterocycles. The van der Waals surface area contributed by atoms with Gasteiger partial charge in [0.15, 0.2) is 6.10 Å². The number of carbonyl (C=O) groups excluding carboxylic acids is 8. The Labute approximate surface area is 787 Å². The van der Waals surface area contributed by atoms with E-state index in [1.54, 1.807) is 124 Å². The second kappa shape index (κ2) is 50.4. The number of amides is 4. The number of methoxy groups -OCH3 is 4. The van der Waals surface area contributed by atoms with Crippen molar-refractivity contribution < 1.29 is 76.3 Å². The van der Waals surface area contributed by atoms with E-state index >= 15 is 0 Å². The summed E-state index contributed by atoms with van der Waals surface area (Å²) in [6, 6.07) is 86.4. The van der Waals surface area contributed by atoms with Crippen LogP contribution in [0.25, 0.3) is 11.1 Å². The van der Waals surface area contributed by atoms with E-state index in [1.165, 1.54) is 5.56 Å². The Balaban J connectivity index is 0.000000169. The molecule has 4 atom stereocenters. The third-order valence-electron chi connectivity index (χ3n) is 23.3. The van der Waals surface area contributed by atoms with E-state index < -0.39 is 35.8 Å². The summed E-state index contributed by atoms with van der Waals surface area (Å²) >= 11 is 24.2. The number of hydrogen-bond donors (Lipinski definition) is 0. The number of hydrogen-bond acceptors (Lipinski definition) is 16. The zero-order valence-electron chi connectivity index (χ0n) is 74.9. The fourth-order valence-corrected chi connectivity index (χ4v) is 16.9. The van der Waals surface area contributed by atoms with Crippen molar-refractivity contribution in [1.82, 2.24) is 19.6 Å². The molecule has 0 N–H and O–H groups in total. The minimum Gasteiger partial charge on any atom is -0.462 e. The van der Waals surface area contributed by atoms with E-state index in [0.29, 0.717) is 131 Å². The summed E-state index contributed by atoms with van der Waals surface area (Å²) in [5, 5.41) is 2.41. The average Bonchev–Trinajstić information content (AvgIpc) is 0.785. The summed E-state index contributed by atoms with van der Waals surface area (Å²) in [5.74, 6) is -3.36. The van der Waals surface area contributed by atoms with Gasteiger partial charge in [-0.15, -0.1) is 0 Å². The first kappa shape index (κ1) is 99.5. The number of halogens is 4. The third kappa shape index (κ3) is 27.5. The van der Waals surface area contributed by atoms with Gasteiger partial charge in [-0.05, 0) is 150 Å². The lowest BCUT2D eigenvalue weighted by Gasteiger charge is -2.35. The molecule has 10 aromatic rings. The number of nitrogens with zero attached hydrogens (tertiary/aromatic N) is 4. The lowest BCUT2D eigenvalue weighted by molar-refractivity contribution is -0.145. The summed E-state index contributed by atoms with van der Waals surface area (Å²) in [4.78, 5) is 111. The molecule has 0 aliphatic carbocycles. The number of benzene rings is 10. The van der Waals surface area contributed by atoms with Crippen LogP contribution < -0.4 is 0 Å². The number of rotatable bonds is 33. The molecule has 14 rings (SSSR count). The quantitative estimate of drug-likeness (QED) is 0.0212. The molecule has 4 amide bonds. The molecule has 20 nitrogen and oxygen atoms in total. The molecule has 24 heteroatoms. The fraction of sp³-hybridized carbons (Fsp3) is 0.290. The maximum atomic E-state index is 13.9. The molecule has 4 heterocycles. The zero-order chi connectivity index (χ0) is 93.3. The van der Waals surface area contributed by atoms with Gasteiger partial charge in [-0.1, -0.05) is 271 Å². The van der Waals surface area contributed by atoms with Crippen LogP contribution in [0.5, 0.6) is 0 Å². The Morgan fingerprint density at radius 3 is 0.901 bits per heavy atom. The normalized spacial score (nSPS) is 16.3. The number of esters is 4. The number of carbonyl (C=O) groups is 8. The fourth-order valence-electron chi connectivity index (χ4n) is 16.4. The molecular weight excluding hydrogens is 1740 g/mol. The van der Waals surface area contributed by atoms with Crippen LogP contribution in [0.2, 0.25) is 20.1 Å². The Bertz CT molecular complexity index is 5570. The second-order valence-corrected chi connectivity index (χ2v) is 33.5. The second-order valence-electron chi connectivity index (χ2n) is 31.7. The SMILES string of the molecule is COCCN1C(=O)CC(c2ccc(Cl)cc2)C(C(=O)OC(c2ccccc2)c2ccccc2)=C1C.COCCN1C(=O)CC(c2ccc(Cl)cc2)C(C(=O)OCCCc2ccccc2)=C1C.COCCN1C(=O)CC(c2ccc(Cl)cc2)C(C(=O)OCCc2ccccc2)=C1C.COCCN1C(=O)CC(c2ccc(Cl)cc2)C(C(=O)OCc2ccc(-c3ccccc3)cc2)=C1C. The lowest BCUT2D eigenvalue weighted by atomic mass is 9.83. The largest absolute Gasteiger partial charge is 0.462 e. The van der Waals surface area contributed by atoms with E-state index in [9.17, 15) is 38.4 Å². The smallest absolute Gasteiger partial charge is 0.337 e. The van der Waals surface area contributed by atoms with Gasteiger partial charge in [0.25, 0.3) is 0 Å². The minimum atomic E-state index is -0.582. The van der Waals surface area contributed by atoms with E-state index in [-0.39, 0.29) is 80.3 Å². The predicted octanol–water partition coefficient (Wildman–Crippen LogP) is 21.0. The van der Waals surface area contributed by atoms with Crippen LogP contribution in [0.1, 0.15) is 140 Å². The van der Waals surface area contributed by atoms with Crippen LogP contribution in [0, 0.1) is 0 Å². The summed E-state index contributed by atoms with van der Waals surface area (Å²) in [6.45, 7) is 11.0. The van der Waals surface area contributed by atoms with Gasteiger partial charge in [-0.25, -0.2) is 19.2 Å². The summed E-state index contributed by atoms with van der Waals surface area (Å²) in [5.41, 5.74) is 15.1. The maximum absolute atomic E-state index is 13.9. The van der Waals surface area contributed by atoms with Crippen molar-refractivity contribution in [2.24, 2.45) is 0 Å². The van der Waals surface area contributed by atoms with Gasteiger partial charge in [0.05, 0.1) is 61.9 Å². The Morgan fingerprint density at radius 2 is 0.580 bits per heavy atom. The molecule has 0 bridgehead atoms. The Morgan fingerprint density at radius 1 is 0.305 bits per heavy atom. The van der Waals surface area contributed by atoms with E-state index in [1.807, 2.05) is 200 Å². The summed E-state index contributed by atoms with van der Waals surface area (Å²) < 4.78 is 43.9. The van der Waals surface area contributed by atoms with Crippen LogP contribution in [-0.2, 0) is 95.7 Å². The van der Waals surface area contributed by atoms with Gasteiger partial charge < -0.3 is 57.5 Å². The van der Waals surface area contributed by atoms with Crippen LogP contribution in [-0.4, -0.2) is 161 Å². The van der Waals surface area contributed by atoms with Crippen LogP contribution in [0.4, 0.5) is 0 Å². The standard InChI is InChI=1S/2C29H28ClNO4.C25H28ClNO4.C24H26ClNO4/c1-20-27(25(21-13-15-24(30)16-14-21)19-26(32)31(20)17-18-34-2)29(33)35-28(22-9-5-3-6-10-22)23-11-7-4-8-12-23;1-20-28(26(24-12-14-25(30)15-13-24)18-27(32)31(20)16-17-34-2)29(33)35-19-21-8-10-23(11-9-21)22-6-4-3-5-7-22;1-18-24(25(29)31-15-6-9-19-7-4-3-5-8-19)22(20-10-12-21(26)13-11-20)17-23(28)27(18)14-16-30-2;1-17-23(24(28)30-14-12-18-6-4-3-5-7-18)21(19-8-10-20(25)11-9-19)16-22(27)26(17)13-15-29-2/h3-16,25,28H,17-19H2,1-2H3;3-15,26H,16-19H2,1-2H3;3-5,7-8,10-13,22H,6,9,14-17H2,1-2H3;3-11,21H,12-16H2,1-2H3. The molecule has 682 valence electrons. The monoisotopic (exact) mass is 1850 g/mol. The molecule has 0 aromatic heterocycles. The number of aryl methyl sites for hydroxylation is 1. The van der Waals surface area contributed by atoms with Crippen LogP contribution >= 0.6 is 46.4 Å².